The molecule has 0 heterocycles. The van der Waals surface area contributed by atoms with Crippen molar-refractivity contribution in [3.63, 3.8) is 0 Å². The summed E-state index contributed by atoms with van der Waals surface area (Å²) in [5.41, 5.74) is 0. The fourth-order valence-corrected chi connectivity index (χ4v) is 0.930. The highest BCUT2D eigenvalue weighted by Gasteiger charge is 1.98. The van der Waals surface area contributed by atoms with Crippen molar-refractivity contribution in [3.8, 4) is 6.07 Å². The monoisotopic (exact) mass is 153 g/mol. The third-order valence-corrected chi connectivity index (χ3v) is 1.52. The van der Waals surface area contributed by atoms with E-state index < -0.39 is 0 Å². The van der Waals surface area contributed by atoms with Gasteiger partial charge in [-0.15, -0.1) is 0 Å². The first kappa shape index (κ1) is 10.2. The standard InChI is InChI=1S/C9H15NO/c1-2-6-9(11)7-4-3-5-8-10/h2-7H2,1H3. The second kappa shape index (κ2) is 7.27. The third kappa shape index (κ3) is 7.05. The van der Waals surface area contributed by atoms with Crippen molar-refractivity contribution in [3.05, 3.63) is 0 Å². The molecule has 0 aromatic carbocycles. The van der Waals surface area contributed by atoms with Crippen LogP contribution in [-0.2, 0) is 4.79 Å². The third-order valence-electron chi connectivity index (χ3n) is 1.52. The first-order valence-electron chi connectivity index (χ1n) is 4.20. The van der Waals surface area contributed by atoms with Gasteiger partial charge in [0, 0.05) is 19.3 Å². The largest absolute Gasteiger partial charge is 0.300 e. The number of nitrogens with zero attached hydrogens (tertiary/aromatic N) is 1. The van der Waals surface area contributed by atoms with E-state index in [0.29, 0.717) is 25.0 Å². The Kier molecular flexibility index (Phi) is 6.71. The van der Waals surface area contributed by atoms with Gasteiger partial charge in [-0.05, 0) is 19.3 Å². The molecule has 2 nitrogen and oxygen atoms in total. The lowest BCUT2D eigenvalue weighted by Crippen LogP contribution is -1.95. The zero-order chi connectivity index (χ0) is 8.53. The summed E-state index contributed by atoms with van der Waals surface area (Å²) < 4.78 is 0. The van der Waals surface area contributed by atoms with Crippen molar-refractivity contribution < 1.29 is 4.79 Å². The van der Waals surface area contributed by atoms with E-state index in [1.165, 1.54) is 0 Å². The van der Waals surface area contributed by atoms with Gasteiger partial charge in [0.1, 0.15) is 5.78 Å². The molecule has 11 heavy (non-hydrogen) atoms. The zero-order valence-corrected chi connectivity index (χ0v) is 7.10. The molecule has 0 saturated carbocycles. The van der Waals surface area contributed by atoms with Crippen LogP contribution in [0.25, 0.3) is 0 Å². The number of carbonyl (C=O) groups excluding carboxylic acids is 1. The van der Waals surface area contributed by atoms with Crippen LogP contribution in [0.2, 0.25) is 0 Å². The van der Waals surface area contributed by atoms with Crippen LogP contribution in [-0.4, -0.2) is 5.78 Å². The van der Waals surface area contributed by atoms with Gasteiger partial charge in [-0.3, -0.25) is 4.79 Å². The van der Waals surface area contributed by atoms with Crippen molar-refractivity contribution in [2.45, 2.75) is 45.4 Å². The van der Waals surface area contributed by atoms with E-state index in [4.69, 9.17) is 5.26 Å². The molecule has 0 radical (unpaired) electrons. The minimum atomic E-state index is 0.338. The van der Waals surface area contributed by atoms with Crippen LogP contribution in [0.15, 0.2) is 0 Å². The average Bonchev–Trinajstić information content (AvgIpc) is 1.99. The Hall–Kier alpha value is -0.840. The summed E-state index contributed by atoms with van der Waals surface area (Å²) in [7, 11) is 0. The number of Topliss-reactive ketones (excluding diaryl/α,β-unsaturated/α-hetero) is 1. The summed E-state index contributed by atoms with van der Waals surface area (Å²) in [5, 5.41) is 8.20. The van der Waals surface area contributed by atoms with Crippen molar-refractivity contribution in [1.82, 2.24) is 0 Å². The molecule has 0 N–H and O–H groups in total. The van der Waals surface area contributed by atoms with Crippen LogP contribution in [0.3, 0.4) is 0 Å². The van der Waals surface area contributed by atoms with Crippen LogP contribution in [0, 0.1) is 11.3 Å². The van der Waals surface area contributed by atoms with Gasteiger partial charge >= 0.3 is 0 Å². The fraction of sp³-hybridized carbons (Fsp3) is 0.778. The number of carbonyl (C=O) groups is 1. The Labute approximate surface area is 68.2 Å². The number of unbranched alkanes of at least 4 members (excludes halogenated alkanes) is 2. The molecule has 0 aliphatic carbocycles. The molecule has 0 bridgehead atoms. The van der Waals surface area contributed by atoms with Gasteiger partial charge < -0.3 is 0 Å². The predicted molar refractivity (Wildman–Crippen MR) is 44.0 cm³/mol. The van der Waals surface area contributed by atoms with E-state index in [2.05, 4.69) is 6.07 Å². The summed E-state index contributed by atoms with van der Waals surface area (Å²) >= 11 is 0. The molecule has 0 rings (SSSR count). The Balaban J connectivity index is 3.12. The normalized spacial score (nSPS) is 9.09. The van der Waals surface area contributed by atoms with Crippen molar-refractivity contribution in [2.75, 3.05) is 0 Å². The second-order valence-corrected chi connectivity index (χ2v) is 2.65. The number of hydrogen-bond donors (Lipinski definition) is 0. The van der Waals surface area contributed by atoms with E-state index in [0.717, 1.165) is 19.3 Å². The molecule has 0 unspecified atom stereocenters. The molecular formula is C9H15NO. The minimum absolute atomic E-state index is 0.338. The lowest BCUT2D eigenvalue weighted by molar-refractivity contribution is -0.119. The van der Waals surface area contributed by atoms with Gasteiger partial charge in [-0.1, -0.05) is 6.92 Å². The number of nitriles is 1. The van der Waals surface area contributed by atoms with Gasteiger partial charge in [0.25, 0.3) is 0 Å². The van der Waals surface area contributed by atoms with Crippen LogP contribution in [0.4, 0.5) is 0 Å². The maximum absolute atomic E-state index is 10.9. The molecule has 0 aromatic heterocycles. The molecule has 0 aromatic rings. The highest BCUT2D eigenvalue weighted by atomic mass is 16.1. The van der Waals surface area contributed by atoms with E-state index in [9.17, 15) is 4.79 Å². The maximum Gasteiger partial charge on any atom is 0.132 e. The van der Waals surface area contributed by atoms with Gasteiger partial charge in [0.15, 0.2) is 0 Å². The maximum atomic E-state index is 10.9. The molecule has 0 aliphatic heterocycles. The summed E-state index contributed by atoms with van der Waals surface area (Å²) in [6.45, 7) is 2.01. The Morgan fingerprint density at radius 3 is 2.64 bits per heavy atom. The number of rotatable bonds is 6. The van der Waals surface area contributed by atoms with Crippen molar-refractivity contribution >= 4 is 5.78 Å². The molecule has 0 saturated heterocycles. The molecule has 0 fully saturated rings. The van der Waals surface area contributed by atoms with Crippen molar-refractivity contribution in [2.24, 2.45) is 0 Å². The van der Waals surface area contributed by atoms with Gasteiger partial charge in [0.05, 0.1) is 6.07 Å². The lowest BCUT2D eigenvalue weighted by Gasteiger charge is -1.95. The summed E-state index contributed by atoms with van der Waals surface area (Å²) in [6.07, 6.45) is 4.64. The van der Waals surface area contributed by atoms with Crippen LogP contribution in [0.5, 0.6) is 0 Å². The number of ketones is 1. The van der Waals surface area contributed by atoms with Crippen LogP contribution >= 0.6 is 0 Å². The van der Waals surface area contributed by atoms with Crippen molar-refractivity contribution in [1.29, 1.82) is 5.26 Å². The van der Waals surface area contributed by atoms with Crippen LogP contribution in [0.1, 0.15) is 45.4 Å². The smallest absolute Gasteiger partial charge is 0.132 e. The Morgan fingerprint density at radius 1 is 1.36 bits per heavy atom. The molecule has 0 aliphatic rings. The Bertz CT molecular complexity index is 146. The zero-order valence-electron chi connectivity index (χ0n) is 7.10. The van der Waals surface area contributed by atoms with E-state index in [-0.39, 0.29) is 0 Å². The molecule has 0 spiro atoms. The average molecular weight is 153 g/mol. The first-order valence-corrected chi connectivity index (χ1v) is 4.20. The Morgan fingerprint density at radius 2 is 2.09 bits per heavy atom. The van der Waals surface area contributed by atoms with E-state index in [1.807, 2.05) is 6.92 Å². The molecule has 62 valence electrons. The molecular weight excluding hydrogens is 138 g/mol. The predicted octanol–water partition coefficient (Wildman–Crippen LogP) is 2.44. The summed E-state index contributed by atoms with van der Waals surface area (Å²) in [4.78, 5) is 10.9. The highest BCUT2D eigenvalue weighted by Crippen LogP contribution is 2.02. The van der Waals surface area contributed by atoms with E-state index >= 15 is 0 Å². The SMILES string of the molecule is CCCC(=O)CCCCC#N. The van der Waals surface area contributed by atoms with Gasteiger partial charge in [-0.25, -0.2) is 0 Å². The second-order valence-electron chi connectivity index (χ2n) is 2.65. The minimum Gasteiger partial charge on any atom is -0.300 e. The summed E-state index contributed by atoms with van der Waals surface area (Å²) in [5.74, 6) is 0.338. The lowest BCUT2D eigenvalue weighted by atomic mass is 10.1. The van der Waals surface area contributed by atoms with Gasteiger partial charge in [0.2, 0.25) is 0 Å². The fourth-order valence-electron chi connectivity index (χ4n) is 0.930. The first-order chi connectivity index (χ1) is 5.31. The highest BCUT2D eigenvalue weighted by molar-refractivity contribution is 5.78. The summed E-state index contributed by atoms with van der Waals surface area (Å²) in [6, 6.07) is 2.06. The van der Waals surface area contributed by atoms with Crippen LogP contribution < -0.4 is 0 Å². The molecule has 0 atom stereocenters. The molecule has 0 amide bonds. The number of hydrogen-bond acceptors (Lipinski definition) is 2. The molecule has 2 heteroatoms. The quantitative estimate of drug-likeness (QED) is 0.550. The van der Waals surface area contributed by atoms with E-state index in [1.54, 1.807) is 0 Å². The topological polar surface area (TPSA) is 40.9 Å². The van der Waals surface area contributed by atoms with Gasteiger partial charge in [-0.2, -0.15) is 5.26 Å².